The molecule has 0 unspecified atom stereocenters. The number of anilines is 1. The minimum Gasteiger partial charge on any atom is -0.494 e. The van der Waals surface area contributed by atoms with Crippen LogP contribution in [0.5, 0.6) is 5.75 Å². The normalized spacial score (nSPS) is 20.1. The molecule has 1 heterocycles. The zero-order valence-electron chi connectivity index (χ0n) is 12.2. The van der Waals surface area contributed by atoms with Crippen molar-refractivity contribution in [2.45, 2.75) is 26.2 Å². The topological polar surface area (TPSA) is 72.5 Å². The Kier molecular flexibility index (Phi) is 5.22. The summed E-state index contributed by atoms with van der Waals surface area (Å²) in [6.07, 6.45) is 1.79. The van der Waals surface area contributed by atoms with Crippen molar-refractivity contribution in [2.75, 3.05) is 23.4 Å². The van der Waals surface area contributed by atoms with Gasteiger partial charge in [-0.05, 0) is 43.0 Å². The van der Waals surface area contributed by atoms with Gasteiger partial charge in [-0.25, -0.2) is 8.42 Å². The van der Waals surface area contributed by atoms with Crippen LogP contribution in [0.15, 0.2) is 24.3 Å². The molecule has 5 nitrogen and oxygen atoms in total. The zero-order valence-corrected chi connectivity index (χ0v) is 13.0. The summed E-state index contributed by atoms with van der Waals surface area (Å²) >= 11 is 0. The summed E-state index contributed by atoms with van der Waals surface area (Å²) < 4.78 is 28.2. The van der Waals surface area contributed by atoms with E-state index in [2.05, 4.69) is 5.32 Å². The van der Waals surface area contributed by atoms with Crippen molar-refractivity contribution in [3.05, 3.63) is 24.3 Å². The molecule has 1 N–H and O–H groups in total. The average Bonchev–Trinajstić information content (AvgIpc) is 2.77. The lowest BCUT2D eigenvalue weighted by Crippen LogP contribution is -2.17. The highest BCUT2D eigenvalue weighted by Gasteiger charge is 2.29. The van der Waals surface area contributed by atoms with E-state index in [0.29, 0.717) is 18.7 Å². The molecule has 116 valence electrons. The first-order chi connectivity index (χ1) is 9.98. The summed E-state index contributed by atoms with van der Waals surface area (Å²) in [5, 5.41) is 2.79. The van der Waals surface area contributed by atoms with Gasteiger partial charge in [0.15, 0.2) is 9.84 Å². The second-order valence-electron chi connectivity index (χ2n) is 5.39. The van der Waals surface area contributed by atoms with E-state index < -0.39 is 9.84 Å². The fourth-order valence-corrected chi connectivity index (χ4v) is 4.22. The molecule has 21 heavy (non-hydrogen) atoms. The molecule has 1 amide bonds. The second kappa shape index (κ2) is 6.93. The van der Waals surface area contributed by atoms with E-state index in [1.165, 1.54) is 0 Å². The van der Waals surface area contributed by atoms with Crippen LogP contribution in [-0.2, 0) is 14.6 Å². The van der Waals surface area contributed by atoms with E-state index in [1.54, 1.807) is 12.1 Å². The largest absolute Gasteiger partial charge is 0.494 e. The summed E-state index contributed by atoms with van der Waals surface area (Å²) in [5.41, 5.74) is 0.699. The number of nitrogens with one attached hydrogen (secondary N) is 1. The van der Waals surface area contributed by atoms with Crippen LogP contribution in [-0.4, -0.2) is 32.4 Å². The van der Waals surface area contributed by atoms with Crippen LogP contribution in [0.3, 0.4) is 0 Å². The summed E-state index contributed by atoms with van der Waals surface area (Å²) in [7, 11) is -2.92. The molecule has 1 fully saturated rings. The molecule has 1 aromatic rings. The number of carbonyl (C=O) groups is 1. The van der Waals surface area contributed by atoms with E-state index >= 15 is 0 Å². The van der Waals surface area contributed by atoms with Crippen molar-refractivity contribution in [3.63, 3.8) is 0 Å². The van der Waals surface area contributed by atoms with Gasteiger partial charge < -0.3 is 10.1 Å². The Morgan fingerprint density at radius 2 is 2.05 bits per heavy atom. The maximum absolute atomic E-state index is 11.9. The van der Waals surface area contributed by atoms with Crippen molar-refractivity contribution in [2.24, 2.45) is 5.92 Å². The summed E-state index contributed by atoms with van der Waals surface area (Å²) in [6.45, 7) is 2.71. The van der Waals surface area contributed by atoms with Gasteiger partial charge in [-0.3, -0.25) is 4.79 Å². The highest BCUT2D eigenvalue weighted by molar-refractivity contribution is 7.91. The number of benzene rings is 1. The Labute approximate surface area is 125 Å². The van der Waals surface area contributed by atoms with E-state index in [4.69, 9.17) is 4.74 Å². The molecular weight excluding hydrogens is 290 g/mol. The maximum Gasteiger partial charge on any atom is 0.224 e. The first-order valence-corrected chi connectivity index (χ1v) is 9.04. The Balaban J connectivity index is 1.82. The number of sulfone groups is 1. The van der Waals surface area contributed by atoms with Crippen molar-refractivity contribution < 1.29 is 17.9 Å². The van der Waals surface area contributed by atoms with Crippen molar-refractivity contribution >= 4 is 21.4 Å². The summed E-state index contributed by atoms with van der Waals surface area (Å²) in [4.78, 5) is 11.9. The summed E-state index contributed by atoms with van der Waals surface area (Å²) in [5.74, 6) is 0.914. The minimum absolute atomic E-state index is 0.0536. The molecule has 6 heteroatoms. The molecule has 0 aromatic heterocycles. The van der Waals surface area contributed by atoms with Crippen molar-refractivity contribution in [1.29, 1.82) is 0 Å². The Hall–Kier alpha value is -1.56. The van der Waals surface area contributed by atoms with E-state index in [-0.39, 0.29) is 29.8 Å². The monoisotopic (exact) mass is 311 g/mol. The lowest BCUT2D eigenvalue weighted by Gasteiger charge is -2.10. The van der Waals surface area contributed by atoms with Crippen LogP contribution >= 0.6 is 0 Å². The Morgan fingerprint density at radius 1 is 1.33 bits per heavy atom. The minimum atomic E-state index is -2.92. The number of amides is 1. The van der Waals surface area contributed by atoms with Crippen LogP contribution in [0.1, 0.15) is 26.2 Å². The summed E-state index contributed by atoms with van der Waals surface area (Å²) in [6, 6.07) is 7.19. The molecular formula is C15H21NO4S. The number of carbonyl (C=O) groups excluding carboxylic acids is 1. The third-order valence-corrected chi connectivity index (χ3v) is 5.25. The van der Waals surface area contributed by atoms with Gasteiger partial charge in [0.25, 0.3) is 0 Å². The number of rotatable bonds is 6. The van der Waals surface area contributed by atoms with Gasteiger partial charge in [0.05, 0.1) is 18.1 Å². The van der Waals surface area contributed by atoms with Crippen LogP contribution in [0.25, 0.3) is 0 Å². The molecule has 1 saturated heterocycles. The van der Waals surface area contributed by atoms with Crippen LogP contribution in [0.2, 0.25) is 0 Å². The van der Waals surface area contributed by atoms with Gasteiger partial charge in [0, 0.05) is 12.1 Å². The smallest absolute Gasteiger partial charge is 0.224 e. The van der Waals surface area contributed by atoms with Crippen LogP contribution in [0.4, 0.5) is 5.69 Å². The molecule has 0 aliphatic carbocycles. The van der Waals surface area contributed by atoms with Crippen molar-refractivity contribution in [1.82, 2.24) is 0 Å². The Bertz CT molecular complexity index is 580. The predicted molar refractivity (Wildman–Crippen MR) is 82.2 cm³/mol. The molecule has 1 aliphatic rings. The number of hydrogen-bond donors (Lipinski definition) is 1. The standard InChI is InChI=1S/C15H21NO4S/c1-2-8-20-14-5-3-13(4-6-14)16-15(17)10-12-7-9-21(18,19)11-12/h3-6,12H,2,7-11H2,1H3,(H,16,17)/t12-/m1/s1. The molecule has 1 atom stereocenters. The SMILES string of the molecule is CCCOc1ccc(NC(=O)C[C@H]2CCS(=O)(=O)C2)cc1. The molecule has 1 aliphatic heterocycles. The maximum atomic E-state index is 11.9. The number of ether oxygens (including phenoxy) is 1. The average molecular weight is 311 g/mol. The quantitative estimate of drug-likeness (QED) is 0.874. The molecule has 0 saturated carbocycles. The van der Waals surface area contributed by atoms with E-state index in [1.807, 2.05) is 19.1 Å². The van der Waals surface area contributed by atoms with Gasteiger partial charge in [0.2, 0.25) is 5.91 Å². The molecule has 0 bridgehead atoms. The predicted octanol–water partition coefficient (Wildman–Crippen LogP) is 2.24. The third kappa shape index (κ3) is 5.04. The van der Waals surface area contributed by atoms with Gasteiger partial charge in [-0.15, -0.1) is 0 Å². The first-order valence-electron chi connectivity index (χ1n) is 7.21. The third-order valence-electron chi connectivity index (χ3n) is 3.41. The fraction of sp³-hybridized carbons (Fsp3) is 0.533. The van der Waals surface area contributed by atoms with Gasteiger partial charge in [-0.2, -0.15) is 0 Å². The van der Waals surface area contributed by atoms with E-state index in [0.717, 1.165) is 12.2 Å². The van der Waals surface area contributed by atoms with Crippen molar-refractivity contribution in [3.8, 4) is 5.75 Å². The Morgan fingerprint density at radius 3 is 2.62 bits per heavy atom. The van der Waals surface area contributed by atoms with Gasteiger partial charge in [-0.1, -0.05) is 6.92 Å². The molecule has 0 radical (unpaired) electrons. The van der Waals surface area contributed by atoms with Gasteiger partial charge in [0.1, 0.15) is 5.75 Å². The lowest BCUT2D eigenvalue weighted by atomic mass is 10.1. The first kappa shape index (κ1) is 15.8. The van der Waals surface area contributed by atoms with Crippen LogP contribution in [0, 0.1) is 5.92 Å². The van der Waals surface area contributed by atoms with E-state index in [9.17, 15) is 13.2 Å². The molecule has 0 spiro atoms. The lowest BCUT2D eigenvalue weighted by molar-refractivity contribution is -0.116. The zero-order chi connectivity index (χ0) is 15.3. The highest BCUT2D eigenvalue weighted by Crippen LogP contribution is 2.22. The highest BCUT2D eigenvalue weighted by atomic mass is 32.2. The van der Waals surface area contributed by atoms with Gasteiger partial charge >= 0.3 is 0 Å². The second-order valence-corrected chi connectivity index (χ2v) is 7.62. The van der Waals surface area contributed by atoms with Crippen LogP contribution < -0.4 is 10.1 Å². The molecule has 2 rings (SSSR count). The number of hydrogen-bond acceptors (Lipinski definition) is 4. The molecule has 1 aromatic carbocycles. The fourth-order valence-electron chi connectivity index (χ4n) is 2.36.